The van der Waals surface area contributed by atoms with Gasteiger partial charge >= 0.3 is 0 Å². The Bertz CT molecular complexity index is 372. The minimum absolute atomic E-state index is 0.320. The van der Waals surface area contributed by atoms with Gasteiger partial charge in [0.05, 0.1) is 11.8 Å². The highest BCUT2D eigenvalue weighted by Gasteiger charge is 2.28. The highest BCUT2D eigenvalue weighted by atomic mass is 32.2. The van der Waals surface area contributed by atoms with E-state index < -0.39 is 0 Å². The maximum absolute atomic E-state index is 5.37. The van der Waals surface area contributed by atoms with Crippen LogP contribution in [0.15, 0.2) is 4.52 Å². The van der Waals surface area contributed by atoms with E-state index in [1.165, 1.54) is 12.8 Å². The van der Waals surface area contributed by atoms with E-state index in [9.17, 15) is 0 Å². The van der Waals surface area contributed by atoms with Crippen molar-refractivity contribution in [2.45, 2.75) is 64.4 Å². The first-order chi connectivity index (χ1) is 8.61. The summed E-state index contributed by atoms with van der Waals surface area (Å²) in [5, 5.41) is 4.41. The van der Waals surface area contributed by atoms with Gasteiger partial charge in [-0.05, 0) is 39.4 Å². The molecule has 1 aromatic rings. The van der Waals surface area contributed by atoms with Gasteiger partial charge in [0.15, 0.2) is 5.82 Å². The molecule has 0 radical (unpaired) electrons. The van der Waals surface area contributed by atoms with Crippen LogP contribution in [0.2, 0.25) is 0 Å². The van der Waals surface area contributed by atoms with Gasteiger partial charge in [-0.2, -0.15) is 16.7 Å². The molecule has 3 atom stereocenters. The molecule has 0 aromatic carbocycles. The zero-order valence-corrected chi connectivity index (χ0v) is 12.5. The van der Waals surface area contributed by atoms with Gasteiger partial charge in [-0.25, -0.2) is 0 Å². The average Bonchev–Trinajstić information content (AvgIpc) is 2.92. The van der Waals surface area contributed by atoms with Crippen molar-refractivity contribution in [2.75, 3.05) is 5.75 Å². The molecule has 18 heavy (non-hydrogen) atoms. The smallest absolute Gasteiger partial charge is 0.240 e. The minimum Gasteiger partial charge on any atom is -0.338 e. The van der Waals surface area contributed by atoms with Crippen LogP contribution in [0.25, 0.3) is 0 Å². The predicted octanol–water partition coefficient (Wildman–Crippen LogP) is 3.26. The minimum atomic E-state index is 0.320. The second-order valence-electron chi connectivity index (χ2n) is 5.09. The zero-order chi connectivity index (χ0) is 13.1. The molecule has 0 saturated carbocycles. The first-order valence-corrected chi connectivity index (χ1v) is 7.86. The molecule has 102 valence electrons. The summed E-state index contributed by atoms with van der Waals surface area (Å²) in [5.74, 6) is 2.66. The molecule has 1 aromatic heterocycles. The van der Waals surface area contributed by atoms with Crippen molar-refractivity contribution < 1.29 is 4.52 Å². The average molecular weight is 269 g/mol. The lowest BCUT2D eigenvalue weighted by Crippen LogP contribution is -2.32. The van der Waals surface area contributed by atoms with Crippen LogP contribution in [0.5, 0.6) is 0 Å². The van der Waals surface area contributed by atoms with Gasteiger partial charge in [0.1, 0.15) is 0 Å². The fraction of sp³-hybridized carbons (Fsp3) is 0.846. The highest BCUT2D eigenvalue weighted by molar-refractivity contribution is 7.99. The molecular weight excluding hydrogens is 246 g/mol. The van der Waals surface area contributed by atoms with Crippen molar-refractivity contribution in [3.63, 3.8) is 0 Å². The molecular formula is C13H23N3OS. The number of hydrogen-bond acceptors (Lipinski definition) is 5. The molecule has 5 heteroatoms. The van der Waals surface area contributed by atoms with E-state index in [-0.39, 0.29) is 0 Å². The van der Waals surface area contributed by atoms with E-state index in [2.05, 4.69) is 42.7 Å². The number of likely N-dealkylation sites (tertiary alicyclic amines) is 1. The van der Waals surface area contributed by atoms with E-state index in [4.69, 9.17) is 4.52 Å². The largest absolute Gasteiger partial charge is 0.338 e. The first-order valence-electron chi connectivity index (χ1n) is 6.81. The first kappa shape index (κ1) is 13.9. The summed E-state index contributed by atoms with van der Waals surface area (Å²) in [5.41, 5.74) is 0. The third kappa shape index (κ3) is 3.06. The molecule has 3 unspecified atom stereocenters. The Morgan fingerprint density at radius 3 is 2.67 bits per heavy atom. The molecule has 1 saturated heterocycles. The van der Waals surface area contributed by atoms with E-state index >= 15 is 0 Å². The Hall–Kier alpha value is -0.550. The quantitative estimate of drug-likeness (QED) is 0.820. The molecule has 0 aliphatic carbocycles. The fourth-order valence-corrected chi connectivity index (χ4v) is 3.28. The summed E-state index contributed by atoms with van der Waals surface area (Å²) in [4.78, 5) is 6.97. The topological polar surface area (TPSA) is 42.2 Å². The van der Waals surface area contributed by atoms with Crippen molar-refractivity contribution >= 4 is 11.8 Å². The van der Waals surface area contributed by atoms with Crippen LogP contribution >= 0.6 is 11.8 Å². The Balaban J connectivity index is 1.98. The molecule has 0 spiro atoms. The third-order valence-electron chi connectivity index (χ3n) is 3.72. The van der Waals surface area contributed by atoms with Crippen LogP contribution in [-0.2, 0) is 6.54 Å². The second-order valence-corrected chi connectivity index (χ2v) is 6.71. The van der Waals surface area contributed by atoms with E-state index in [0.717, 1.165) is 24.0 Å². The Morgan fingerprint density at radius 2 is 2.06 bits per heavy atom. The monoisotopic (exact) mass is 269 g/mol. The summed E-state index contributed by atoms with van der Waals surface area (Å²) >= 11 is 1.84. The zero-order valence-electron chi connectivity index (χ0n) is 11.7. The number of thioether (sulfide) groups is 1. The Kier molecular flexibility index (Phi) is 4.67. The van der Waals surface area contributed by atoms with Gasteiger partial charge in [0.2, 0.25) is 5.89 Å². The number of rotatable bonds is 5. The predicted molar refractivity (Wildman–Crippen MR) is 74.5 cm³/mol. The maximum atomic E-state index is 5.37. The normalized spacial score (nSPS) is 26.7. The molecule has 1 aliphatic rings. The Labute approximate surface area is 114 Å². The summed E-state index contributed by atoms with van der Waals surface area (Å²) in [7, 11) is 0. The molecule has 0 bridgehead atoms. The van der Waals surface area contributed by atoms with Gasteiger partial charge in [0, 0.05) is 12.1 Å². The molecule has 1 aliphatic heterocycles. The lowest BCUT2D eigenvalue weighted by atomic mass is 10.2. The number of aromatic nitrogens is 2. The number of hydrogen-bond donors (Lipinski definition) is 0. The molecule has 2 heterocycles. The van der Waals surface area contributed by atoms with Crippen molar-refractivity contribution in [2.24, 2.45) is 0 Å². The SMILES string of the molecule is CCSC(C)c1noc(CN2C(C)CCC2C)n1. The van der Waals surface area contributed by atoms with E-state index in [0.29, 0.717) is 17.3 Å². The lowest BCUT2D eigenvalue weighted by molar-refractivity contribution is 0.177. The van der Waals surface area contributed by atoms with Gasteiger partial charge < -0.3 is 4.52 Å². The molecule has 0 amide bonds. The summed E-state index contributed by atoms with van der Waals surface area (Å²) in [6.07, 6.45) is 2.54. The molecule has 4 nitrogen and oxygen atoms in total. The van der Waals surface area contributed by atoms with Crippen molar-refractivity contribution in [3.05, 3.63) is 11.7 Å². The Morgan fingerprint density at radius 1 is 1.39 bits per heavy atom. The van der Waals surface area contributed by atoms with Crippen molar-refractivity contribution in [1.29, 1.82) is 0 Å². The van der Waals surface area contributed by atoms with Crippen LogP contribution in [0.1, 0.15) is 57.5 Å². The van der Waals surface area contributed by atoms with Crippen LogP contribution in [0.3, 0.4) is 0 Å². The van der Waals surface area contributed by atoms with E-state index in [1.54, 1.807) is 0 Å². The van der Waals surface area contributed by atoms with Crippen molar-refractivity contribution in [3.8, 4) is 0 Å². The van der Waals surface area contributed by atoms with Crippen LogP contribution < -0.4 is 0 Å². The van der Waals surface area contributed by atoms with Gasteiger partial charge in [0.25, 0.3) is 0 Å². The van der Waals surface area contributed by atoms with Gasteiger partial charge in [-0.3, -0.25) is 4.90 Å². The summed E-state index contributed by atoms with van der Waals surface area (Å²) in [6.45, 7) is 9.62. The third-order valence-corrected chi connectivity index (χ3v) is 4.76. The van der Waals surface area contributed by atoms with Crippen molar-refractivity contribution in [1.82, 2.24) is 15.0 Å². The standard InChI is InChI=1S/C13H23N3OS/c1-5-18-11(4)13-14-12(17-15-13)8-16-9(2)6-7-10(16)3/h9-11H,5-8H2,1-4H3. The second kappa shape index (κ2) is 6.06. The van der Waals surface area contributed by atoms with Crippen LogP contribution in [0.4, 0.5) is 0 Å². The summed E-state index contributed by atoms with van der Waals surface area (Å²) < 4.78 is 5.37. The molecule has 1 fully saturated rings. The van der Waals surface area contributed by atoms with Gasteiger partial charge in [-0.15, -0.1) is 0 Å². The molecule has 0 N–H and O–H groups in total. The lowest BCUT2D eigenvalue weighted by Gasteiger charge is -2.23. The number of nitrogens with zero attached hydrogens (tertiary/aromatic N) is 3. The molecule has 2 rings (SSSR count). The van der Waals surface area contributed by atoms with Crippen LogP contribution in [0, 0.1) is 0 Å². The fourth-order valence-electron chi connectivity index (χ4n) is 2.54. The maximum Gasteiger partial charge on any atom is 0.240 e. The highest BCUT2D eigenvalue weighted by Crippen LogP contribution is 2.27. The van der Waals surface area contributed by atoms with Crippen LogP contribution in [-0.4, -0.2) is 32.9 Å². The van der Waals surface area contributed by atoms with E-state index in [1.807, 2.05) is 11.8 Å². The summed E-state index contributed by atoms with van der Waals surface area (Å²) in [6, 6.07) is 1.25. The van der Waals surface area contributed by atoms with Gasteiger partial charge in [-0.1, -0.05) is 12.1 Å².